The van der Waals surface area contributed by atoms with Crippen LogP contribution in [0.15, 0.2) is 91.0 Å². The summed E-state index contributed by atoms with van der Waals surface area (Å²) in [6.07, 6.45) is 4.58. The molecule has 5 aromatic rings. The lowest BCUT2D eigenvalue weighted by Crippen LogP contribution is -2.30. The molecule has 0 bridgehead atoms. The first-order valence-corrected chi connectivity index (χ1v) is 11.7. The molecular weight excluding hydrogens is 396 g/mol. The average molecular weight is 423 g/mol. The van der Waals surface area contributed by atoms with Gasteiger partial charge in [-0.15, -0.1) is 0 Å². The highest BCUT2D eigenvalue weighted by Gasteiger charge is 2.29. The maximum atomic E-state index is 2.34. The molecule has 5 aromatic carbocycles. The van der Waals surface area contributed by atoms with Crippen LogP contribution in [0.2, 0.25) is 0 Å². The van der Waals surface area contributed by atoms with Crippen molar-refractivity contribution in [3.63, 3.8) is 0 Å². The number of aryl methyl sites for hydroxylation is 1. The first kappa shape index (κ1) is 19.8. The third-order valence-electron chi connectivity index (χ3n) is 7.08. The quantitative estimate of drug-likeness (QED) is 0.268. The zero-order valence-electron chi connectivity index (χ0n) is 19.3. The van der Waals surface area contributed by atoms with Crippen molar-refractivity contribution in [2.75, 3.05) is 0 Å². The van der Waals surface area contributed by atoms with Gasteiger partial charge in [0.15, 0.2) is 0 Å². The predicted octanol–water partition coefficient (Wildman–Crippen LogP) is 7.73. The molecule has 158 valence electrons. The standard InChI is InChI=1S/C33H26/c1-4-24-25(5-2)30(23-15-10-7-11-16-23)33-28-20-19-21(3)26-17-12-18-27(31(26)28)32(33)29(24)22-13-8-6-9-14-22/h4-20H,1-3H3/b24-4+,25-5+. The Hall–Kier alpha value is -3.90. The Bertz CT molecular complexity index is 1560. The van der Waals surface area contributed by atoms with Crippen molar-refractivity contribution in [3.8, 4) is 44.5 Å². The lowest BCUT2D eigenvalue weighted by molar-refractivity contribution is 1.47. The highest BCUT2D eigenvalue weighted by molar-refractivity contribution is 6.21. The van der Waals surface area contributed by atoms with E-state index in [0.717, 1.165) is 0 Å². The van der Waals surface area contributed by atoms with Crippen molar-refractivity contribution < 1.29 is 0 Å². The van der Waals surface area contributed by atoms with Crippen LogP contribution in [-0.2, 0) is 0 Å². The Balaban J connectivity index is 1.94. The normalized spacial score (nSPS) is 13.1. The van der Waals surface area contributed by atoms with Gasteiger partial charge in [0, 0.05) is 0 Å². The maximum Gasteiger partial charge on any atom is -0.000753 e. The first-order valence-electron chi connectivity index (χ1n) is 11.7. The van der Waals surface area contributed by atoms with Crippen LogP contribution in [0.4, 0.5) is 0 Å². The van der Waals surface area contributed by atoms with Crippen LogP contribution in [0.5, 0.6) is 0 Å². The molecule has 1 aliphatic carbocycles. The Morgan fingerprint density at radius 3 is 1.52 bits per heavy atom. The second-order valence-electron chi connectivity index (χ2n) is 8.79. The molecule has 1 aliphatic rings. The van der Waals surface area contributed by atoms with Crippen molar-refractivity contribution in [1.82, 2.24) is 0 Å². The molecule has 0 amide bonds. The predicted molar refractivity (Wildman–Crippen MR) is 144 cm³/mol. The number of benzene rings is 5. The molecule has 0 saturated carbocycles. The molecule has 0 heteroatoms. The minimum Gasteiger partial charge on any atom is -0.0791 e. The van der Waals surface area contributed by atoms with E-state index in [-0.39, 0.29) is 0 Å². The zero-order chi connectivity index (χ0) is 22.5. The third kappa shape index (κ3) is 2.77. The highest BCUT2D eigenvalue weighted by atomic mass is 14.3. The summed E-state index contributed by atoms with van der Waals surface area (Å²) in [5, 5.41) is 5.35. The van der Waals surface area contributed by atoms with Crippen LogP contribution in [0.25, 0.3) is 67.4 Å². The van der Waals surface area contributed by atoms with E-state index in [1.54, 1.807) is 0 Å². The topological polar surface area (TPSA) is 0 Å². The van der Waals surface area contributed by atoms with Gasteiger partial charge in [-0.2, -0.15) is 0 Å². The van der Waals surface area contributed by atoms with Gasteiger partial charge in [0.05, 0.1) is 0 Å². The maximum absolute atomic E-state index is 2.34. The van der Waals surface area contributed by atoms with Gasteiger partial charge in [0.25, 0.3) is 0 Å². The summed E-state index contributed by atoms with van der Waals surface area (Å²) in [4.78, 5) is 0. The Morgan fingerprint density at radius 2 is 1.00 bits per heavy atom. The van der Waals surface area contributed by atoms with Crippen molar-refractivity contribution in [3.05, 3.63) is 107 Å². The van der Waals surface area contributed by atoms with Crippen molar-refractivity contribution in [2.45, 2.75) is 20.8 Å². The SMILES string of the molecule is C/C=c1/c(-c2ccccc2)c2c(c(-c3ccccc3)/c1=C/C)-c1ccc(C)c3cccc-2c13. The van der Waals surface area contributed by atoms with Gasteiger partial charge in [-0.25, -0.2) is 0 Å². The van der Waals surface area contributed by atoms with E-state index in [1.807, 2.05) is 0 Å². The van der Waals surface area contributed by atoms with Crippen LogP contribution in [-0.4, -0.2) is 0 Å². The number of fused-ring (bicyclic) bond motifs is 3. The summed E-state index contributed by atoms with van der Waals surface area (Å²) in [7, 11) is 0. The monoisotopic (exact) mass is 422 g/mol. The molecule has 0 N–H and O–H groups in total. The summed E-state index contributed by atoms with van der Waals surface area (Å²) in [5.74, 6) is 0. The molecule has 0 radical (unpaired) electrons. The van der Waals surface area contributed by atoms with Gasteiger partial charge in [-0.1, -0.05) is 103 Å². The van der Waals surface area contributed by atoms with E-state index >= 15 is 0 Å². The summed E-state index contributed by atoms with van der Waals surface area (Å²) < 4.78 is 0. The van der Waals surface area contributed by atoms with Gasteiger partial charge < -0.3 is 0 Å². The van der Waals surface area contributed by atoms with Gasteiger partial charge in [0.1, 0.15) is 0 Å². The third-order valence-corrected chi connectivity index (χ3v) is 7.08. The Labute approximate surface area is 195 Å². The van der Waals surface area contributed by atoms with E-state index in [9.17, 15) is 0 Å². The Morgan fingerprint density at radius 1 is 0.485 bits per heavy atom. The minimum atomic E-state index is 1.27. The van der Waals surface area contributed by atoms with E-state index < -0.39 is 0 Å². The molecule has 33 heavy (non-hydrogen) atoms. The second-order valence-corrected chi connectivity index (χ2v) is 8.79. The summed E-state index contributed by atoms with van der Waals surface area (Å²) in [6, 6.07) is 33.2. The largest absolute Gasteiger partial charge is 0.0791 e. The minimum absolute atomic E-state index is 1.27. The number of rotatable bonds is 2. The van der Waals surface area contributed by atoms with Crippen molar-refractivity contribution in [1.29, 1.82) is 0 Å². The molecule has 0 atom stereocenters. The average Bonchev–Trinajstić information content (AvgIpc) is 3.20. The van der Waals surface area contributed by atoms with E-state index in [2.05, 4.69) is 124 Å². The lowest BCUT2D eigenvalue weighted by Gasteiger charge is -2.18. The molecule has 0 aromatic heterocycles. The van der Waals surface area contributed by atoms with Crippen LogP contribution in [0.3, 0.4) is 0 Å². The molecule has 0 nitrogen and oxygen atoms in total. The summed E-state index contributed by atoms with van der Waals surface area (Å²) in [5.41, 5.74) is 12.0. The number of hydrogen-bond acceptors (Lipinski definition) is 0. The van der Waals surface area contributed by atoms with Crippen LogP contribution in [0, 0.1) is 6.92 Å². The van der Waals surface area contributed by atoms with E-state index in [4.69, 9.17) is 0 Å². The van der Waals surface area contributed by atoms with Crippen LogP contribution in [0.1, 0.15) is 19.4 Å². The van der Waals surface area contributed by atoms with Crippen LogP contribution >= 0.6 is 0 Å². The molecule has 6 rings (SSSR count). The second kappa shape index (κ2) is 7.60. The van der Waals surface area contributed by atoms with Gasteiger partial charge in [0.2, 0.25) is 0 Å². The van der Waals surface area contributed by atoms with Crippen LogP contribution < -0.4 is 10.4 Å². The van der Waals surface area contributed by atoms with Gasteiger partial charge in [-0.3, -0.25) is 0 Å². The molecule has 0 fully saturated rings. The van der Waals surface area contributed by atoms with Gasteiger partial charge >= 0.3 is 0 Å². The zero-order valence-corrected chi connectivity index (χ0v) is 19.3. The van der Waals surface area contributed by atoms with E-state index in [0.29, 0.717) is 0 Å². The fourth-order valence-electron chi connectivity index (χ4n) is 5.71. The smallest absolute Gasteiger partial charge is 0.000753 e. The fraction of sp³-hybridized carbons (Fsp3) is 0.0909. The highest BCUT2D eigenvalue weighted by Crippen LogP contribution is 2.53. The molecule has 0 aliphatic heterocycles. The fourth-order valence-corrected chi connectivity index (χ4v) is 5.71. The molecule has 0 heterocycles. The molecular formula is C33H26. The summed E-state index contributed by atoms with van der Waals surface area (Å²) >= 11 is 0. The van der Waals surface area contributed by atoms with E-state index in [1.165, 1.54) is 71.3 Å². The molecule has 0 saturated heterocycles. The molecule has 0 unspecified atom stereocenters. The Kier molecular flexibility index (Phi) is 4.55. The summed E-state index contributed by atoms with van der Waals surface area (Å²) in [6.45, 7) is 6.56. The van der Waals surface area contributed by atoms with Crippen molar-refractivity contribution in [2.24, 2.45) is 0 Å². The number of hydrogen-bond donors (Lipinski definition) is 0. The van der Waals surface area contributed by atoms with Gasteiger partial charge in [-0.05, 0) is 92.1 Å². The lowest BCUT2D eigenvalue weighted by atomic mass is 9.84. The molecule has 0 spiro atoms. The first-order chi connectivity index (χ1) is 16.2. The van der Waals surface area contributed by atoms with Crippen molar-refractivity contribution >= 4 is 22.9 Å².